The van der Waals surface area contributed by atoms with Gasteiger partial charge in [0.05, 0.1) is 0 Å². The quantitative estimate of drug-likeness (QED) is 0.792. The van der Waals surface area contributed by atoms with Gasteiger partial charge in [0.1, 0.15) is 5.54 Å². The third-order valence-corrected chi connectivity index (χ3v) is 4.94. The number of halogens is 1. The Balaban J connectivity index is 1.54. The first-order valence-electron chi connectivity index (χ1n) is 8.35. The molecule has 0 radical (unpaired) electrons. The summed E-state index contributed by atoms with van der Waals surface area (Å²) in [4.78, 5) is 23.9. The molecule has 3 rings (SSSR count). The van der Waals surface area contributed by atoms with E-state index in [4.69, 9.17) is 11.6 Å². The third-order valence-electron chi connectivity index (χ3n) is 4.69. The van der Waals surface area contributed by atoms with Gasteiger partial charge in [-0.1, -0.05) is 54.1 Å². The summed E-state index contributed by atoms with van der Waals surface area (Å²) in [5, 5.41) is 13.0. The highest BCUT2D eigenvalue weighted by Gasteiger charge is 2.62. The van der Waals surface area contributed by atoms with Crippen molar-refractivity contribution in [2.24, 2.45) is 0 Å². The number of hydrogen-bond acceptors (Lipinski definition) is 2. The molecule has 4 nitrogen and oxygen atoms in total. The molecule has 130 valence electrons. The van der Waals surface area contributed by atoms with Gasteiger partial charge in [-0.3, -0.25) is 4.79 Å². The minimum atomic E-state index is -1.15. The summed E-state index contributed by atoms with van der Waals surface area (Å²) in [7, 11) is 0. The van der Waals surface area contributed by atoms with Crippen molar-refractivity contribution in [2.45, 2.75) is 37.1 Å². The van der Waals surface area contributed by atoms with Gasteiger partial charge in [-0.05, 0) is 42.5 Å². The van der Waals surface area contributed by atoms with Crippen LogP contribution in [0.25, 0.3) is 0 Å². The Morgan fingerprint density at radius 1 is 1.12 bits per heavy atom. The van der Waals surface area contributed by atoms with Crippen molar-refractivity contribution in [1.82, 2.24) is 5.32 Å². The molecule has 1 aliphatic carbocycles. The first kappa shape index (κ1) is 17.5. The average Bonchev–Trinajstić information content (AvgIpc) is 3.33. The molecule has 0 heterocycles. The highest BCUT2D eigenvalue weighted by molar-refractivity contribution is 6.30. The molecule has 1 aliphatic rings. The molecule has 2 aromatic rings. The largest absolute Gasteiger partial charge is 0.479 e. The molecule has 1 amide bonds. The van der Waals surface area contributed by atoms with Crippen LogP contribution in [0.5, 0.6) is 0 Å². The SMILES string of the molecule is O=C(CCCc1ccc(Cl)cc1)NC1(C(=O)O)CC1c1ccccc1. The Bertz CT molecular complexity index is 760. The maximum atomic E-state index is 12.2. The summed E-state index contributed by atoms with van der Waals surface area (Å²) in [6, 6.07) is 17.0. The van der Waals surface area contributed by atoms with Crippen molar-refractivity contribution in [3.05, 3.63) is 70.7 Å². The van der Waals surface area contributed by atoms with E-state index in [9.17, 15) is 14.7 Å². The maximum absolute atomic E-state index is 12.2. The number of hydrogen-bond donors (Lipinski definition) is 2. The number of carbonyl (C=O) groups is 2. The predicted octanol–water partition coefficient (Wildman–Crippen LogP) is 3.79. The zero-order chi connectivity index (χ0) is 17.9. The van der Waals surface area contributed by atoms with Gasteiger partial charge in [0.2, 0.25) is 5.91 Å². The normalized spacial score (nSPS) is 21.6. The predicted molar refractivity (Wildman–Crippen MR) is 96.7 cm³/mol. The fourth-order valence-electron chi connectivity index (χ4n) is 3.19. The van der Waals surface area contributed by atoms with Gasteiger partial charge in [-0.15, -0.1) is 0 Å². The van der Waals surface area contributed by atoms with E-state index in [0.717, 1.165) is 17.5 Å². The highest BCUT2D eigenvalue weighted by Crippen LogP contribution is 2.51. The van der Waals surface area contributed by atoms with E-state index >= 15 is 0 Å². The number of aryl methyl sites for hydroxylation is 1. The zero-order valence-electron chi connectivity index (χ0n) is 13.7. The Kier molecular flexibility index (Phi) is 5.09. The van der Waals surface area contributed by atoms with E-state index < -0.39 is 11.5 Å². The molecule has 0 aromatic heterocycles. The highest BCUT2D eigenvalue weighted by atomic mass is 35.5. The summed E-state index contributed by atoms with van der Waals surface area (Å²) in [5.74, 6) is -1.34. The van der Waals surface area contributed by atoms with Crippen LogP contribution in [0.15, 0.2) is 54.6 Å². The van der Waals surface area contributed by atoms with Gasteiger partial charge in [-0.25, -0.2) is 4.79 Å². The molecule has 2 N–H and O–H groups in total. The van der Waals surface area contributed by atoms with Gasteiger partial charge < -0.3 is 10.4 Å². The molecule has 0 aliphatic heterocycles. The summed E-state index contributed by atoms with van der Waals surface area (Å²) in [5.41, 5.74) is 0.906. The van der Waals surface area contributed by atoms with Crippen molar-refractivity contribution in [2.75, 3.05) is 0 Å². The van der Waals surface area contributed by atoms with Crippen molar-refractivity contribution >= 4 is 23.5 Å². The monoisotopic (exact) mass is 357 g/mol. The van der Waals surface area contributed by atoms with Gasteiger partial charge >= 0.3 is 5.97 Å². The summed E-state index contributed by atoms with van der Waals surface area (Å²) >= 11 is 5.85. The van der Waals surface area contributed by atoms with Crippen LogP contribution < -0.4 is 5.32 Å². The number of carboxylic acid groups (broad SMARTS) is 1. The molecule has 25 heavy (non-hydrogen) atoms. The minimum absolute atomic E-state index is 0.161. The Hall–Kier alpha value is -2.33. The molecule has 2 aromatic carbocycles. The topological polar surface area (TPSA) is 66.4 Å². The second-order valence-electron chi connectivity index (χ2n) is 6.47. The summed E-state index contributed by atoms with van der Waals surface area (Å²) in [6.07, 6.45) is 2.17. The molecule has 0 saturated heterocycles. The van der Waals surface area contributed by atoms with Crippen LogP contribution in [0, 0.1) is 0 Å². The number of carboxylic acids is 1. The molecule has 0 spiro atoms. The molecular formula is C20H20ClNO3. The number of benzene rings is 2. The van der Waals surface area contributed by atoms with Crippen LogP contribution in [0.1, 0.15) is 36.3 Å². The van der Waals surface area contributed by atoms with Crippen LogP contribution in [-0.2, 0) is 16.0 Å². The van der Waals surface area contributed by atoms with Crippen molar-refractivity contribution < 1.29 is 14.7 Å². The lowest BCUT2D eigenvalue weighted by Crippen LogP contribution is -2.44. The maximum Gasteiger partial charge on any atom is 0.330 e. The van der Waals surface area contributed by atoms with E-state index in [-0.39, 0.29) is 11.8 Å². The van der Waals surface area contributed by atoms with Gasteiger partial charge in [0, 0.05) is 17.4 Å². The first-order chi connectivity index (χ1) is 12.0. The number of amides is 1. The van der Waals surface area contributed by atoms with Crippen LogP contribution in [0.2, 0.25) is 5.02 Å². The molecule has 5 heteroatoms. The second kappa shape index (κ2) is 7.28. The molecule has 2 unspecified atom stereocenters. The minimum Gasteiger partial charge on any atom is -0.479 e. The molecular weight excluding hydrogens is 338 g/mol. The number of aliphatic carboxylic acids is 1. The Labute approximate surface area is 151 Å². The van der Waals surface area contributed by atoms with Crippen LogP contribution in [0.4, 0.5) is 0 Å². The standard InChI is InChI=1S/C20H20ClNO3/c21-16-11-9-14(10-12-16)5-4-8-18(23)22-20(19(24)25)13-17(20)15-6-2-1-3-7-15/h1-3,6-7,9-12,17H,4-5,8,13H2,(H,22,23)(H,24,25). The average molecular weight is 358 g/mol. The lowest BCUT2D eigenvalue weighted by atomic mass is 10.1. The van der Waals surface area contributed by atoms with E-state index in [0.29, 0.717) is 24.3 Å². The number of nitrogens with one attached hydrogen (secondary N) is 1. The Morgan fingerprint density at radius 3 is 2.44 bits per heavy atom. The lowest BCUT2D eigenvalue weighted by Gasteiger charge is -2.15. The van der Waals surface area contributed by atoms with Crippen LogP contribution >= 0.6 is 11.6 Å². The summed E-state index contributed by atoms with van der Waals surface area (Å²) in [6.45, 7) is 0. The Morgan fingerprint density at radius 2 is 1.80 bits per heavy atom. The fourth-order valence-corrected chi connectivity index (χ4v) is 3.32. The second-order valence-corrected chi connectivity index (χ2v) is 6.91. The van der Waals surface area contributed by atoms with E-state index in [1.165, 1.54) is 0 Å². The van der Waals surface area contributed by atoms with Gasteiger partial charge in [0.15, 0.2) is 0 Å². The van der Waals surface area contributed by atoms with Crippen LogP contribution in [0.3, 0.4) is 0 Å². The number of rotatable bonds is 7. The fraction of sp³-hybridized carbons (Fsp3) is 0.300. The van der Waals surface area contributed by atoms with E-state index in [1.54, 1.807) is 0 Å². The van der Waals surface area contributed by atoms with Gasteiger partial charge in [-0.2, -0.15) is 0 Å². The molecule has 0 bridgehead atoms. The smallest absolute Gasteiger partial charge is 0.330 e. The van der Waals surface area contributed by atoms with E-state index in [1.807, 2.05) is 54.6 Å². The number of carbonyl (C=O) groups excluding carboxylic acids is 1. The van der Waals surface area contributed by atoms with Crippen molar-refractivity contribution in [1.29, 1.82) is 0 Å². The molecule has 2 atom stereocenters. The first-order valence-corrected chi connectivity index (χ1v) is 8.73. The summed E-state index contributed by atoms with van der Waals surface area (Å²) < 4.78 is 0. The van der Waals surface area contributed by atoms with Crippen molar-refractivity contribution in [3.63, 3.8) is 0 Å². The van der Waals surface area contributed by atoms with Crippen molar-refractivity contribution in [3.8, 4) is 0 Å². The van der Waals surface area contributed by atoms with Gasteiger partial charge in [0.25, 0.3) is 0 Å². The lowest BCUT2D eigenvalue weighted by molar-refractivity contribution is -0.143. The van der Waals surface area contributed by atoms with Crippen LogP contribution in [-0.4, -0.2) is 22.5 Å². The molecule has 1 saturated carbocycles. The zero-order valence-corrected chi connectivity index (χ0v) is 14.5. The third kappa shape index (κ3) is 4.02. The molecule has 1 fully saturated rings. The van der Waals surface area contributed by atoms with E-state index in [2.05, 4.69) is 5.32 Å².